The molecule has 0 aliphatic rings. The third kappa shape index (κ3) is 3.69. The summed E-state index contributed by atoms with van der Waals surface area (Å²) in [6.07, 6.45) is 2.33. The molecule has 0 aliphatic carbocycles. The monoisotopic (exact) mass is 244 g/mol. The van der Waals surface area contributed by atoms with Gasteiger partial charge in [-0.1, -0.05) is 6.92 Å². The number of pyridine rings is 1. The predicted octanol–water partition coefficient (Wildman–Crippen LogP) is 0.719. The molecule has 0 radical (unpaired) electrons. The van der Waals surface area contributed by atoms with Crippen LogP contribution < -0.4 is 5.32 Å². The zero-order chi connectivity index (χ0) is 12.0. The third-order valence-corrected chi connectivity index (χ3v) is 3.26. The second kappa shape index (κ2) is 6.32. The van der Waals surface area contributed by atoms with Crippen LogP contribution in [0, 0.1) is 5.82 Å². The summed E-state index contributed by atoms with van der Waals surface area (Å²) in [6, 6.07) is 1.31. The second-order valence-electron chi connectivity index (χ2n) is 3.04. The molecule has 0 saturated carbocycles. The molecule has 1 aromatic rings. The van der Waals surface area contributed by atoms with E-state index >= 15 is 0 Å². The van der Waals surface area contributed by atoms with Crippen LogP contribution >= 0.6 is 0 Å². The Balaban J connectivity index is 2.47. The summed E-state index contributed by atoms with van der Waals surface area (Å²) in [4.78, 5) is 15.0. The number of hydrogen-bond acceptors (Lipinski definition) is 3. The summed E-state index contributed by atoms with van der Waals surface area (Å²) in [7, 11) is -0.926. The molecule has 1 unspecified atom stereocenters. The van der Waals surface area contributed by atoms with Gasteiger partial charge in [0.25, 0.3) is 5.91 Å². The van der Waals surface area contributed by atoms with Gasteiger partial charge in [-0.15, -0.1) is 0 Å². The predicted molar refractivity (Wildman–Crippen MR) is 60.1 cm³/mol. The first kappa shape index (κ1) is 12.8. The number of amides is 1. The van der Waals surface area contributed by atoms with Gasteiger partial charge in [0.15, 0.2) is 5.82 Å². The van der Waals surface area contributed by atoms with E-state index in [4.69, 9.17) is 0 Å². The van der Waals surface area contributed by atoms with E-state index in [0.29, 0.717) is 11.5 Å². The number of carbonyl (C=O) groups is 1. The molecule has 0 spiro atoms. The molecule has 0 aromatic carbocycles. The SMILES string of the molecule is CCS(=O)CCNC(=O)c1ccncc1F. The van der Waals surface area contributed by atoms with Gasteiger partial charge in [0, 0.05) is 35.0 Å². The van der Waals surface area contributed by atoms with Gasteiger partial charge >= 0.3 is 0 Å². The molecule has 0 fully saturated rings. The van der Waals surface area contributed by atoms with E-state index in [1.165, 1.54) is 12.3 Å². The van der Waals surface area contributed by atoms with E-state index in [1.807, 2.05) is 0 Å². The lowest BCUT2D eigenvalue weighted by Gasteiger charge is -2.04. The Hall–Kier alpha value is -1.30. The summed E-state index contributed by atoms with van der Waals surface area (Å²) in [5.41, 5.74) is -0.0442. The molecule has 6 heteroatoms. The van der Waals surface area contributed by atoms with Crippen LogP contribution in [0.4, 0.5) is 4.39 Å². The molecule has 0 saturated heterocycles. The number of nitrogens with one attached hydrogen (secondary N) is 1. The zero-order valence-corrected chi connectivity index (χ0v) is 9.72. The Kier molecular flexibility index (Phi) is 5.04. The molecule has 1 N–H and O–H groups in total. The average Bonchev–Trinajstić information content (AvgIpc) is 2.29. The molecular formula is C10H13FN2O2S. The number of rotatable bonds is 5. The van der Waals surface area contributed by atoms with Crippen LogP contribution in [0.25, 0.3) is 0 Å². The van der Waals surface area contributed by atoms with Crippen LogP contribution in [0.5, 0.6) is 0 Å². The number of aromatic nitrogens is 1. The third-order valence-electron chi connectivity index (χ3n) is 1.95. The molecule has 0 aliphatic heterocycles. The quantitative estimate of drug-likeness (QED) is 0.830. The molecule has 88 valence electrons. The Morgan fingerprint density at radius 2 is 2.38 bits per heavy atom. The van der Waals surface area contributed by atoms with Crippen molar-refractivity contribution in [1.82, 2.24) is 10.3 Å². The van der Waals surface area contributed by atoms with E-state index in [2.05, 4.69) is 10.3 Å². The minimum absolute atomic E-state index is 0.0442. The van der Waals surface area contributed by atoms with E-state index in [1.54, 1.807) is 6.92 Å². The summed E-state index contributed by atoms with van der Waals surface area (Å²) in [5.74, 6) is -0.223. The van der Waals surface area contributed by atoms with Crippen molar-refractivity contribution >= 4 is 16.7 Å². The van der Waals surface area contributed by atoms with Gasteiger partial charge in [0.05, 0.1) is 11.8 Å². The van der Waals surface area contributed by atoms with Gasteiger partial charge in [-0.2, -0.15) is 0 Å². The average molecular weight is 244 g/mol. The lowest BCUT2D eigenvalue weighted by Crippen LogP contribution is -2.28. The Morgan fingerprint density at radius 1 is 1.62 bits per heavy atom. The maximum absolute atomic E-state index is 13.1. The molecule has 1 amide bonds. The van der Waals surface area contributed by atoms with Crippen LogP contribution in [0.3, 0.4) is 0 Å². The van der Waals surface area contributed by atoms with Crippen molar-refractivity contribution in [1.29, 1.82) is 0 Å². The summed E-state index contributed by atoms with van der Waals surface area (Å²) in [5, 5.41) is 2.51. The molecular weight excluding hydrogens is 231 g/mol. The normalized spacial score (nSPS) is 12.1. The molecule has 1 rings (SSSR count). The fraction of sp³-hybridized carbons (Fsp3) is 0.400. The van der Waals surface area contributed by atoms with Crippen LogP contribution in [-0.2, 0) is 10.8 Å². The molecule has 16 heavy (non-hydrogen) atoms. The van der Waals surface area contributed by atoms with Crippen molar-refractivity contribution in [2.75, 3.05) is 18.1 Å². The maximum atomic E-state index is 13.1. The first-order chi connectivity index (χ1) is 7.65. The molecule has 1 atom stereocenters. The smallest absolute Gasteiger partial charge is 0.254 e. The van der Waals surface area contributed by atoms with Gasteiger partial charge in [0.1, 0.15) is 0 Å². The summed E-state index contributed by atoms with van der Waals surface area (Å²) in [6.45, 7) is 2.08. The molecule has 0 bridgehead atoms. The van der Waals surface area contributed by atoms with Crippen molar-refractivity contribution in [2.45, 2.75) is 6.92 Å². The highest BCUT2D eigenvalue weighted by atomic mass is 32.2. The zero-order valence-electron chi connectivity index (χ0n) is 8.90. The number of nitrogens with zero attached hydrogens (tertiary/aromatic N) is 1. The molecule has 4 nitrogen and oxygen atoms in total. The standard InChI is InChI=1S/C10H13FN2O2S/c1-2-16(15)6-5-13-10(14)8-3-4-12-7-9(8)11/h3-4,7H,2,5-6H2,1H3,(H,13,14). The van der Waals surface area contributed by atoms with E-state index in [0.717, 1.165) is 6.20 Å². The lowest BCUT2D eigenvalue weighted by atomic mass is 10.2. The van der Waals surface area contributed by atoms with Gasteiger partial charge in [-0.05, 0) is 6.07 Å². The van der Waals surface area contributed by atoms with Crippen molar-refractivity contribution in [3.63, 3.8) is 0 Å². The fourth-order valence-corrected chi connectivity index (χ4v) is 1.70. The highest BCUT2D eigenvalue weighted by Gasteiger charge is 2.10. The Labute approximate surface area is 95.7 Å². The van der Waals surface area contributed by atoms with Crippen LogP contribution in [0.2, 0.25) is 0 Å². The van der Waals surface area contributed by atoms with Crippen LogP contribution in [0.15, 0.2) is 18.5 Å². The second-order valence-corrected chi connectivity index (χ2v) is 4.91. The van der Waals surface area contributed by atoms with E-state index in [-0.39, 0.29) is 12.1 Å². The fourth-order valence-electron chi connectivity index (χ4n) is 1.08. The van der Waals surface area contributed by atoms with Crippen LogP contribution in [0.1, 0.15) is 17.3 Å². The number of halogens is 1. The van der Waals surface area contributed by atoms with Gasteiger partial charge in [0.2, 0.25) is 0 Å². The highest BCUT2D eigenvalue weighted by Crippen LogP contribution is 2.03. The first-order valence-corrected chi connectivity index (χ1v) is 6.36. The number of hydrogen-bond donors (Lipinski definition) is 1. The van der Waals surface area contributed by atoms with Crippen molar-refractivity contribution in [2.24, 2.45) is 0 Å². The topological polar surface area (TPSA) is 59.1 Å². The van der Waals surface area contributed by atoms with Crippen LogP contribution in [-0.4, -0.2) is 33.2 Å². The first-order valence-electron chi connectivity index (χ1n) is 4.87. The van der Waals surface area contributed by atoms with Gasteiger partial charge < -0.3 is 5.32 Å². The highest BCUT2D eigenvalue weighted by molar-refractivity contribution is 7.84. The maximum Gasteiger partial charge on any atom is 0.254 e. The largest absolute Gasteiger partial charge is 0.351 e. The van der Waals surface area contributed by atoms with E-state index < -0.39 is 22.5 Å². The Morgan fingerprint density at radius 3 is 3.00 bits per heavy atom. The van der Waals surface area contributed by atoms with E-state index in [9.17, 15) is 13.4 Å². The van der Waals surface area contributed by atoms with Crippen molar-refractivity contribution in [3.8, 4) is 0 Å². The van der Waals surface area contributed by atoms with Crippen molar-refractivity contribution < 1.29 is 13.4 Å². The summed E-state index contributed by atoms with van der Waals surface area (Å²) < 4.78 is 24.2. The Bertz CT molecular complexity index is 398. The summed E-state index contributed by atoms with van der Waals surface area (Å²) >= 11 is 0. The lowest BCUT2D eigenvalue weighted by molar-refractivity contribution is 0.0952. The van der Waals surface area contributed by atoms with Gasteiger partial charge in [-0.25, -0.2) is 4.39 Å². The van der Waals surface area contributed by atoms with Gasteiger partial charge in [-0.3, -0.25) is 14.0 Å². The number of carbonyl (C=O) groups excluding carboxylic acids is 1. The molecule has 1 aromatic heterocycles. The minimum Gasteiger partial charge on any atom is -0.351 e. The minimum atomic E-state index is -0.926. The molecule has 1 heterocycles. The van der Waals surface area contributed by atoms with Crippen molar-refractivity contribution in [3.05, 3.63) is 29.8 Å².